The Morgan fingerprint density at radius 2 is 2.50 bits per heavy atom. The Bertz CT molecular complexity index is 343. The lowest BCUT2D eigenvalue weighted by molar-refractivity contribution is 0.223. The molecule has 1 saturated heterocycles. The highest BCUT2D eigenvalue weighted by Gasteiger charge is 2.19. The second-order valence-corrected chi connectivity index (χ2v) is 5.36. The van der Waals surface area contributed by atoms with Gasteiger partial charge in [0.2, 0.25) is 0 Å². The minimum Gasteiger partial charge on any atom is -0.325 e. The minimum absolute atomic E-state index is 0.535. The van der Waals surface area contributed by atoms with Crippen molar-refractivity contribution < 1.29 is 0 Å². The van der Waals surface area contributed by atoms with E-state index in [2.05, 4.69) is 22.9 Å². The molecule has 1 atom stereocenters. The monoisotopic (exact) mass is 237 g/mol. The maximum Gasteiger partial charge on any atom is 0.0584 e. The van der Waals surface area contributed by atoms with Crippen molar-refractivity contribution in [2.75, 3.05) is 18.1 Å². The van der Waals surface area contributed by atoms with Crippen LogP contribution in [0.3, 0.4) is 0 Å². The molecule has 0 aliphatic carbocycles. The minimum atomic E-state index is 0.535. The van der Waals surface area contributed by atoms with Gasteiger partial charge in [0.05, 0.1) is 5.69 Å². The van der Waals surface area contributed by atoms with Crippen molar-refractivity contribution in [3.8, 4) is 0 Å². The van der Waals surface area contributed by atoms with Crippen molar-refractivity contribution in [1.29, 1.82) is 0 Å². The molecular formula is C12H19N3S. The van der Waals surface area contributed by atoms with Crippen molar-refractivity contribution in [3.63, 3.8) is 0 Å². The fraction of sp³-hybridized carbons (Fsp3) is 0.583. The van der Waals surface area contributed by atoms with Crippen LogP contribution in [0.5, 0.6) is 0 Å². The van der Waals surface area contributed by atoms with Gasteiger partial charge in [-0.05, 0) is 18.6 Å². The van der Waals surface area contributed by atoms with E-state index in [0.29, 0.717) is 12.6 Å². The van der Waals surface area contributed by atoms with Gasteiger partial charge in [0.15, 0.2) is 0 Å². The highest BCUT2D eigenvalue weighted by Crippen LogP contribution is 2.19. The molecule has 2 rings (SSSR count). The van der Waals surface area contributed by atoms with Crippen molar-refractivity contribution in [2.24, 2.45) is 5.73 Å². The van der Waals surface area contributed by atoms with Gasteiger partial charge < -0.3 is 5.73 Å². The van der Waals surface area contributed by atoms with E-state index in [4.69, 9.17) is 5.73 Å². The van der Waals surface area contributed by atoms with Crippen LogP contribution in [0.4, 0.5) is 0 Å². The van der Waals surface area contributed by atoms with Crippen molar-refractivity contribution >= 4 is 11.8 Å². The molecule has 3 nitrogen and oxygen atoms in total. The van der Waals surface area contributed by atoms with Gasteiger partial charge in [-0.15, -0.1) is 0 Å². The molecule has 2 N–H and O–H groups in total. The molecular weight excluding hydrogens is 218 g/mol. The summed E-state index contributed by atoms with van der Waals surface area (Å²) in [6, 6.07) is 4.80. The molecule has 0 amide bonds. The second-order valence-electron chi connectivity index (χ2n) is 4.21. The standard InChI is InChI=1S/C12H19N3S/c1-10-9-16-6-5-15(10)8-11-3-2-4-14-12(11)7-13/h2-4,10H,5-9,13H2,1H3. The lowest BCUT2D eigenvalue weighted by atomic mass is 10.1. The van der Waals surface area contributed by atoms with Gasteiger partial charge in [-0.3, -0.25) is 9.88 Å². The molecule has 88 valence electrons. The summed E-state index contributed by atoms with van der Waals surface area (Å²) in [4.78, 5) is 6.85. The number of hydrogen-bond donors (Lipinski definition) is 1. The second kappa shape index (κ2) is 5.66. The van der Waals surface area contributed by atoms with E-state index >= 15 is 0 Å². The van der Waals surface area contributed by atoms with Crippen molar-refractivity contribution in [1.82, 2.24) is 9.88 Å². The first-order valence-corrected chi connectivity index (χ1v) is 6.91. The summed E-state index contributed by atoms with van der Waals surface area (Å²) >= 11 is 2.05. The third-order valence-corrected chi connectivity index (χ3v) is 4.25. The number of nitrogens with two attached hydrogens (primary N) is 1. The van der Waals surface area contributed by atoms with E-state index in [0.717, 1.165) is 12.2 Å². The van der Waals surface area contributed by atoms with Gasteiger partial charge in [0.25, 0.3) is 0 Å². The Hall–Kier alpha value is -0.580. The van der Waals surface area contributed by atoms with Gasteiger partial charge in [0.1, 0.15) is 0 Å². The summed E-state index contributed by atoms with van der Waals surface area (Å²) in [5.74, 6) is 2.47. The molecule has 2 heterocycles. The van der Waals surface area contributed by atoms with Crippen LogP contribution in [0, 0.1) is 0 Å². The fourth-order valence-corrected chi connectivity index (χ4v) is 3.10. The van der Waals surface area contributed by atoms with E-state index in [9.17, 15) is 0 Å². The van der Waals surface area contributed by atoms with Gasteiger partial charge in [0, 0.05) is 43.4 Å². The molecule has 0 saturated carbocycles. The van der Waals surface area contributed by atoms with Gasteiger partial charge in [-0.25, -0.2) is 0 Å². The lowest BCUT2D eigenvalue weighted by Gasteiger charge is -2.33. The Labute approximate surface area is 101 Å². The van der Waals surface area contributed by atoms with Crippen LogP contribution in [0.1, 0.15) is 18.2 Å². The molecule has 1 aromatic rings. The first-order valence-electron chi connectivity index (χ1n) is 5.76. The highest BCUT2D eigenvalue weighted by atomic mass is 32.2. The molecule has 1 unspecified atom stereocenters. The Balaban J connectivity index is 2.07. The van der Waals surface area contributed by atoms with Crippen LogP contribution < -0.4 is 5.73 Å². The number of thioether (sulfide) groups is 1. The summed E-state index contributed by atoms with van der Waals surface area (Å²) < 4.78 is 0. The van der Waals surface area contributed by atoms with E-state index in [-0.39, 0.29) is 0 Å². The summed E-state index contributed by atoms with van der Waals surface area (Å²) in [7, 11) is 0. The van der Waals surface area contributed by atoms with Crippen LogP contribution in [-0.4, -0.2) is 34.0 Å². The Morgan fingerprint density at radius 3 is 3.25 bits per heavy atom. The summed E-state index contributed by atoms with van der Waals surface area (Å²) in [5.41, 5.74) is 8.02. The summed E-state index contributed by atoms with van der Waals surface area (Å²) in [6.07, 6.45) is 1.82. The first-order chi connectivity index (χ1) is 7.81. The van der Waals surface area contributed by atoms with E-state index in [1.807, 2.05) is 24.0 Å². The third-order valence-electron chi connectivity index (χ3n) is 3.06. The topological polar surface area (TPSA) is 42.2 Å². The molecule has 1 aliphatic rings. The molecule has 1 fully saturated rings. The maximum atomic E-state index is 5.71. The van der Waals surface area contributed by atoms with Crippen LogP contribution in [0.15, 0.2) is 18.3 Å². The molecule has 1 aromatic heterocycles. The summed E-state index contributed by atoms with van der Waals surface area (Å²) in [5, 5.41) is 0. The van der Waals surface area contributed by atoms with E-state index < -0.39 is 0 Å². The van der Waals surface area contributed by atoms with Crippen LogP contribution >= 0.6 is 11.8 Å². The number of rotatable bonds is 3. The van der Waals surface area contributed by atoms with Gasteiger partial charge in [-0.2, -0.15) is 11.8 Å². The quantitative estimate of drug-likeness (QED) is 0.864. The van der Waals surface area contributed by atoms with Crippen LogP contribution in [-0.2, 0) is 13.1 Å². The lowest BCUT2D eigenvalue weighted by Crippen LogP contribution is -2.39. The SMILES string of the molecule is CC1CSCCN1Cc1cccnc1CN. The predicted molar refractivity (Wildman–Crippen MR) is 69.3 cm³/mol. The van der Waals surface area contributed by atoms with Crippen LogP contribution in [0.25, 0.3) is 0 Å². The highest BCUT2D eigenvalue weighted by molar-refractivity contribution is 7.99. The molecule has 4 heteroatoms. The first kappa shape index (κ1) is 11.9. The number of hydrogen-bond acceptors (Lipinski definition) is 4. The number of aromatic nitrogens is 1. The van der Waals surface area contributed by atoms with E-state index in [1.54, 1.807) is 0 Å². The maximum absolute atomic E-state index is 5.71. The molecule has 16 heavy (non-hydrogen) atoms. The largest absolute Gasteiger partial charge is 0.325 e. The molecule has 0 aromatic carbocycles. The molecule has 0 spiro atoms. The third kappa shape index (κ3) is 2.75. The normalized spacial score (nSPS) is 22.2. The number of pyridine rings is 1. The average molecular weight is 237 g/mol. The zero-order chi connectivity index (χ0) is 11.4. The van der Waals surface area contributed by atoms with E-state index in [1.165, 1.54) is 23.6 Å². The molecule has 0 bridgehead atoms. The fourth-order valence-electron chi connectivity index (χ4n) is 2.01. The van der Waals surface area contributed by atoms with Crippen molar-refractivity contribution in [2.45, 2.75) is 26.1 Å². The predicted octanol–water partition coefficient (Wildman–Crippen LogP) is 1.48. The van der Waals surface area contributed by atoms with Crippen LogP contribution in [0.2, 0.25) is 0 Å². The molecule has 1 aliphatic heterocycles. The summed E-state index contributed by atoms with van der Waals surface area (Å²) in [6.45, 7) is 4.99. The average Bonchev–Trinajstić information content (AvgIpc) is 2.33. The zero-order valence-corrected chi connectivity index (χ0v) is 10.5. The van der Waals surface area contributed by atoms with Gasteiger partial charge >= 0.3 is 0 Å². The Kier molecular flexibility index (Phi) is 4.21. The number of nitrogens with zero attached hydrogens (tertiary/aromatic N) is 2. The van der Waals surface area contributed by atoms with Crippen molar-refractivity contribution in [3.05, 3.63) is 29.6 Å². The van der Waals surface area contributed by atoms with Gasteiger partial charge in [-0.1, -0.05) is 6.07 Å². The Morgan fingerprint density at radius 1 is 1.62 bits per heavy atom. The smallest absolute Gasteiger partial charge is 0.0584 e. The zero-order valence-electron chi connectivity index (χ0n) is 9.72. The molecule has 0 radical (unpaired) electrons.